The number of nitrogen functional groups attached to an aromatic ring is 1. The highest BCUT2D eigenvalue weighted by atomic mass is 35.5. The van der Waals surface area contributed by atoms with Crippen molar-refractivity contribution in [2.24, 2.45) is 0 Å². The molecule has 2 rings (SSSR count). The first kappa shape index (κ1) is 12.9. The van der Waals surface area contributed by atoms with Gasteiger partial charge in [0.1, 0.15) is 0 Å². The topological polar surface area (TPSA) is 60.9 Å². The van der Waals surface area contributed by atoms with Crippen LogP contribution < -0.4 is 5.73 Å². The summed E-state index contributed by atoms with van der Waals surface area (Å²) < 4.78 is 1.73. The van der Waals surface area contributed by atoms with Gasteiger partial charge < -0.3 is 10.3 Å². The third-order valence-corrected chi connectivity index (χ3v) is 3.36. The maximum Gasteiger partial charge on any atom is 0.230 e. The minimum Gasteiger partial charge on any atom is -0.399 e. The van der Waals surface area contributed by atoms with Crippen LogP contribution in [0.3, 0.4) is 0 Å². The summed E-state index contributed by atoms with van der Waals surface area (Å²) in [7, 11) is 0. The molecule has 0 amide bonds. The minimum atomic E-state index is -0.291. The van der Waals surface area contributed by atoms with Crippen LogP contribution in [0.4, 0.5) is 5.69 Å². The van der Waals surface area contributed by atoms with E-state index in [0.29, 0.717) is 18.1 Å². The van der Waals surface area contributed by atoms with Gasteiger partial charge in [0, 0.05) is 30.2 Å². The molecule has 0 saturated carbocycles. The van der Waals surface area contributed by atoms with Crippen molar-refractivity contribution in [3.8, 4) is 0 Å². The third kappa shape index (κ3) is 2.21. The second-order valence-electron chi connectivity index (χ2n) is 3.73. The second-order valence-corrected chi connectivity index (χ2v) is 4.52. The number of anilines is 1. The number of imidazole rings is 1. The Kier molecular flexibility index (Phi) is 3.59. The van der Waals surface area contributed by atoms with Crippen molar-refractivity contribution in [1.29, 1.82) is 0 Å². The maximum absolute atomic E-state index is 12.3. The molecule has 0 aliphatic heterocycles. The summed E-state index contributed by atoms with van der Waals surface area (Å²) in [5.74, 6) is 0.0297. The number of benzene rings is 1. The smallest absolute Gasteiger partial charge is 0.230 e. The lowest BCUT2D eigenvalue weighted by Crippen LogP contribution is -2.11. The average molecular weight is 284 g/mol. The number of hydrogen-bond donors (Lipinski definition) is 1. The zero-order chi connectivity index (χ0) is 13.3. The molecule has 0 unspecified atom stereocenters. The Hall–Kier alpha value is -1.52. The molecule has 2 N–H and O–H groups in total. The van der Waals surface area contributed by atoms with Crippen LogP contribution >= 0.6 is 23.2 Å². The molecule has 94 valence electrons. The van der Waals surface area contributed by atoms with E-state index in [1.807, 2.05) is 6.92 Å². The first-order valence-corrected chi connectivity index (χ1v) is 6.10. The van der Waals surface area contributed by atoms with Crippen LogP contribution in [0.5, 0.6) is 0 Å². The zero-order valence-corrected chi connectivity index (χ0v) is 11.2. The molecule has 0 bridgehead atoms. The number of carbonyl (C=O) groups is 1. The largest absolute Gasteiger partial charge is 0.399 e. The van der Waals surface area contributed by atoms with Crippen LogP contribution in [0.2, 0.25) is 10.0 Å². The predicted octanol–water partition coefficient (Wildman–Crippen LogP) is 3.02. The van der Waals surface area contributed by atoms with Gasteiger partial charge in [-0.05, 0) is 19.1 Å². The van der Waals surface area contributed by atoms with Gasteiger partial charge in [-0.25, -0.2) is 4.98 Å². The maximum atomic E-state index is 12.3. The Morgan fingerprint density at radius 3 is 2.83 bits per heavy atom. The summed E-state index contributed by atoms with van der Waals surface area (Å²) in [5.41, 5.74) is 6.32. The van der Waals surface area contributed by atoms with Gasteiger partial charge in [0.05, 0.1) is 10.0 Å². The lowest BCUT2D eigenvalue weighted by atomic mass is 10.1. The summed E-state index contributed by atoms with van der Waals surface area (Å²) in [5, 5.41) is 0.455. The number of aromatic nitrogens is 2. The lowest BCUT2D eigenvalue weighted by molar-refractivity contribution is 0.102. The molecular formula is C12H11Cl2N3O. The molecule has 1 heterocycles. The van der Waals surface area contributed by atoms with E-state index in [2.05, 4.69) is 4.98 Å². The summed E-state index contributed by atoms with van der Waals surface area (Å²) in [4.78, 5) is 16.4. The molecule has 1 aromatic carbocycles. The fourth-order valence-corrected chi connectivity index (χ4v) is 2.09. The number of carbonyl (C=O) groups excluding carboxylic acids is 1. The number of aryl methyl sites for hydroxylation is 1. The van der Waals surface area contributed by atoms with Crippen LogP contribution in [0.15, 0.2) is 24.5 Å². The van der Waals surface area contributed by atoms with E-state index in [0.717, 1.165) is 0 Å². The monoisotopic (exact) mass is 283 g/mol. The number of rotatable bonds is 3. The number of nitrogens with zero attached hydrogens (tertiary/aromatic N) is 2. The van der Waals surface area contributed by atoms with E-state index in [-0.39, 0.29) is 21.4 Å². The molecule has 0 saturated heterocycles. The standard InChI is InChI=1S/C12H11Cl2N3O/c1-2-17-4-3-16-12(17)11(18)8-5-7(15)6-9(13)10(8)14/h3-6H,2,15H2,1H3. The number of ketones is 1. The van der Waals surface area contributed by atoms with Crippen LogP contribution in [0.25, 0.3) is 0 Å². The Bertz CT molecular complexity index is 607. The summed E-state index contributed by atoms with van der Waals surface area (Å²) in [6.07, 6.45) is 3.30. The van der Waals surface area contributed by atoms with Crippen molar-refractivity contribution >= 4 is 34.7 Å². The quantitative estimate of drug-likeness (QED) is 0.696. The van der Waals surface area contributed by atoms with Crippen LogP contribution in [0, 0.1) is 0 Å². The fourth-order valence-electron chi connectivity index (χ4n) is 1.67. The van der Waals surface area contributed by atoms with E-state index in [1.165, 1.54) is 12.1 Å². The molecule has 0 atom stereocenters. The summed E-state index contributed by atoms with van der Waals surface area (Å²) in [6.45, 7) is 2.57. The third-order valence-electron chi connectivity index (χ3n) is 2.55. The van der Waals surface area contributed by atoms with Gasteiger partial charge in [-0.1, -0.05) is 23.2 Å². The predicted molar refractivity (Wildman–Crippen MR) is 72.2 cm³/mol. The van der Waals surface area contributed by atoms with Gasteiger partial charge in [0.2, 0.25) is 5.78 Å². The van der Waals surface area contributed by atoms with Gasteiger partial charge in [-0.15, -0.1) is 0 Å². The van der Waals surface area contributed by atoms with E-state index in [4.69, 9.17) is 28.9 Å². The van der Waals surface area contributed by atoms with E-state index in [9.17, 15) is 4.79 Å². The molecule has 6 heteroatoms. The van der Waals surface area contributed by atoms with Gasteiger partial charge in [0.25, 0.3) is 0 Å². The van der Waals surface area contributed by atoms with Gasteiger partial charge in [-0.2, -0.15) is 0 Å². The Balaban J connectivity index is 2.53. The van der Waals surface area contributed by atoms with Crippen molar-refractivity contribution in [2.75, 3.05) is 5.73 Å². The molecule has 0 fully saturated rings. The summed E-state index contributed by atoms with van der Waals surface area (Å²) >= 11 is 11.9. The van der Waals surface area contributed by atoms with Gasteiger partial charge in [0.15, 0.2) is 5.82 Å². The van der Waals surface area contributed by atoms with Crippen molar-refractivity contribution in [3.63, 3.8) is 0 Å². The number of hydrogen-bond acceptors (Lipinski definition) is 3. The Morgan fingerprint density at radius 2 is 2.17 bits per heavy atom. The molecule has 4 nitrogen and oxygen atoms in total. The van der Waals surface area contributed by atoms with E-state index in [1.54, 1.807) is 17.0 Å². The van der Waals surface area contributed by atoms with E-state index < -0.39 is 0 Å². The number of nitrogens with two attached hydrogens (primary N) is 1. The fraction of sp³-hybridized carbons (Fsp3) is 0.167. The van der Waals surface area contributed by atoms with E-state index >= 15 is 0 Å². The van der Waals surface area contributed by atoms with Crippen molar-refractivity contribution < 1.29 is 4.79 Å². The SMILES string of the molecule is CCn1ccnc1C(=O)c1cc(N)cc(Cl)c1Cl. The highest BCUT2D eigenvalue weighted by Crippen LogP contribution is 2.30. The van der Waals surface area contributed by atoms with Crippen molar-refractivity contribution in [2.45, 2.75) is 13.5 Å². The molecule has 0 aliphatic rings. The molecule has 0 radical (unpaired) electrons. The van der Waals surface area contributed by atoms with Crippen LogP contribution in [-0.4, -0.2) is 15.3 Å². The highest BCUT2D eigenvalue weighted by Gasteiger charge is 2.19. The molecule has 2 aromatic rings. The second kappa shape index (κ2) is 5.00. The number of halogens is 2. The van der Waals surface area contributed by atoms with Crippen LogP contribution in [-0.2, 0) is 6.54 Å². The zero-order valence-electron chi connectivity index (χ0n) is 9.65. The highest BCUT2D eigenvalue weighted by molar-refractivity contribution is 6.44. The van der Waals surface area contributed by atoms with Crippen LogP contribution in [0.1, 0.15) is 23.1 Å². The van der Waals surface area contributed by atoms with Crippen molar-refractivity contribution in [1.82, 2.24) is 9.55 Å². The van der Waals surface area contributed by atoms with Gasteiger partial charge >= 0.3 is 0 Å². The van der Waals surface area contributed by atoms with Crippen molar-refractivity contribution in [3.05, 3.63) is 46.0 Å². The molecule has 0 aliphatic carbocycles. The molecular weight excluding hydrogens is 273 g/mol. The first-order chi connectivity index (χ1) is 8.54. The minimum absolute atomic E-state index is 0.196. The van der Waals surface area contributed by atoms with Gasteiger partial charge in [-0.3, -0.25) is 4.79 Å². The molecule has 18 heavy (non-hydrogen) atoms. The summed E-state index contributed by atoms with van der Waals surface area (Å²) in [6, 6.07) is 3.01. The molecule has 1 aromatic heterocycles. The Labute approximate surface area is 114 Å². The molecule has 0 spiro atoms. The Morgan fingerprint density at radius 1 is 1.44 bits per heavy atom. The normalized spacial score (nSPS) is 10.6. The first-order valence-electron chi connectivity index (χ1n) is 5.35. The lowest BCUT2D eigenvalue weighted by Gasteiger charge is -2.07. The average Bonchev–Trinajstić information content (AvgIpc) is 2.81.